The van der Waals surface area contributed by atoms with Crippen LogP contribution in [0, 0.1) is 5.21 Å². The van der Waals surface area contributed by atoms with Gasteiger partial charge in [-0.2, -0.15) is 31.1 Å². The van der Waals surface area contributed by atoms with E-state index in [1.54, 1.807) is 0 Å². The van der Waals surface area contributed by atoms with Crippen molar-refractivity contribution in [3.8, 4) is 0 Å². The molecule has 0 aliphatic rings. The number of nitrogens with zero attached hydrogens (tertiary/aromatic N) is 1. The summed E-state index contributed by atoms with van der Waals surface area (Å²) in [6.07, 6.45) is -12.5. The first kappa shape index (κ1) is 15.1. The Morgan fingerprint density at radius 3 is 1.56 bits per heavy atom. The monoisotopic (exact) mass is 337 g/mol. The number of pyridine rings is 1. The average Bonchev–Trinajstić information content (AvgIpc) is 2.07. The summed E-state index contributed by atoms with van der Waals surface area (Å²) in [7, 11) is 0. The summed E-state index contributed by atoms with van der Waals surface area (Å²) in [6.45, 7) is 0. The van der Waals surface area contributed by atoms with Crippen molar-refractivity contribution in [3.63, 3.8) is 0 Å². The predicted octanol–water partition coefficient (Wildman–Crippen LogP) is 3.29. The highest BCUT2D eigenvalue weighted by molar-refractivity contribution is 9.10. The maximum Gasteiger partial charge on any atom is 0.398 e. The van der Waals surface area contributed by atoms with E-state index in [1.807, 2.05) is 0 Å². The number of alkyl halides is 6. The number of hydrogen-bond donors (Lipinski definition) is 0. The Labute approximate surface area is 106 Å². The van der Waals surface area contributed by atoms with E-state index < -0.39 is 36.6 Å². The lowest BCUT2D eigenvalue weighted by Crippen LogP contribution is -2.40. The standard InChI is InChI=1S/C9H6BrF6NO/c10-5-1-6(3-8(11,12)13)17(18)7(2-5)4-9(14,15)16/h1-2H,3-4H2. The Morgan fingerprint density at radius 2 is 1.28 bits per heavy atom. The van der Waals surface area contributed by atoms with Crippen LogP contribution in [0.5, 0.6) is 0 Å². The first-order valence-electron chi connectivity index (χ1n) is 4.52. The van der Waals surface area contributed by atoms with Crippen LogP contribution in [0.25, 0.3) is 0 Å². The van der Waals surface area contributed by atoms with Crippen LogP contribution in [0.3, 0.4) is 0 Å². The Balaban J connectivity index is 3.14. The largest absolute Gasteiger partial charge is 0.618 e. The molecule has 0 saturated heterocycles. The number of hydrogen-bond acceptors (Lipinski definition) is 1. The first-order chi connectivity index (χ1) is 7.98. The highest BCUT2D eigenvalue weighted by atomic mass is 79.9. The molecular weight excluding hydrogens is 332 g/mol. The molecule has 18 heavy (non-hydrogen) atoms. The van der Waals surface area contributed by atoms with E-state index in [2.05, 4.69) is 15.9 Å². The van der Waals surface area contributed by atoms with Gasteiger partial charge in [-0.05, 0) is 0 Å². The molecule has 1 heterocycles. The van der Waals surface area contributed by atoms with E-state index in [1.165, 1.54) is 0 Å². The quantitative estimate of drug-likeness (QED) is 0.462. The van der Waals surface area contributed by atoms with Gasteiger partial charge in [0.2, 0.25) is 11.4 Å². The van der Waals surface area contributed by atoms with E-state index >= 15 is 0 Å². The fraction of sp³-hybridized carbons (Fsp3) is 0.444. The molecule has 9 heteroatoms. The zero-order chi connectivity index (χ0) is 14.1. The summed E-state index contributed by atoms with van der Waals surface area (Å²) in [5.74, 6) is 0. The van der Waals surface area contributed by atoms with Crippen LogP contribution in [-0.4, -0.2) is 12.4 Å². The summed E-state index contributed by atoms with van der Waals surface area (Å²) in [6, 6.07) is 1.70. The molecular formula is C9H6BrF6NO. The molecule has 2 nitrogen and oxygen atoms in total. The van der Waals surface area contributed by atoms with Crippen LogP contribution in [0.1, 0.15) is 11.4 Å². The van der Waals surface area contributed by atoms with Crippen molar-refractivity contribution in [1.82, 2.24) is 0 Å². The van der Waals surface area contributed by atoms with Crippen LogP contribution in [0.2, 0.25) is 0 Å². The van der Waals surface area contributed by atoms with Gasteiger partial charge in [0, 0.05) is 16.6 Å². The van der Waals surface area contributed by atoms with E-state index in [4.69, 9.17) is 0 Å². The van der Waals surface area contributed by atoms with Gasteiger partial charge in [0.05, 0.1) is 0 Å². The Bertz CT molecular complexity index is 405. The van der Waals surface area contributed by atoms with Gasteiger partial charge in [0.1, 0.15) is 12.8 Å². The molecule has 0 saturated carbocycles. The first-order valence-corrected chi connectivity index (χ1v) is 5.31. The number of rotatable bonds is 2. The van der Waals surface area contributed by atoms with Crippen molar-refractivity contribution < 1.29 is 31.1 Å². The van der Waals surface area contributed by atoms with E-state index in [9.17, 15) is 31.5 Å². The lowest BCUT2D eigenvalue weighted by molar-refractivity contribution is -0.625. The molecule has 0 spiro atoms. The molecule has 102 valence electrons. The van der Waals surface area contributed by atoms with Gasteiger partial charge in [0.25, 0.3) is 0 Å². The fourth-order valence-corrected chi connectivity index (χ4v) is 1.85. The van der Waals surface area contributed by atoms with Crippen molar-refractivity contribution in [1.29, 1.82) is 0 Å². The van der Waals surface area contributed by atoms with E-state index in [0.29, 0.717) is 0 Å². The molecule has 0 amide bonds. The molecule has 0 unspecified atom stereocenters. The zero-order valence-corrected chi connectivity index (χ0v) is 10.2. The van der Waals surface area contributed by atoms with Crippen molar-refractivity contribution in [2.45, 2.75) is 25.2 Å². The van der Waals surface area contributed by atoms with Gasteiger partial charge in [-0.1, -0.05) is 15.9 Å². The molecule has 0 aliphatic heterocycles. The zero-order valence-electron chi connectivity index (χ0n) is 8.57. The van der Waals surface area contributed by atoms with E-state index in [-0.39, 0.29) is 9.20 Å². The second-order valence-electron chi connectivity index (χ2n) is 3.53. The van der Waals surface area contributed by atoms with Gasteiger partial charge in [-0.25, -0.2) is 0 Å². The highest BCUT2D eigenvalue weighted by Crippen LogP contribution is 2.24. The predicted molar refractivity (Wildman–Crippen MR) is 52.6 cm³/mol. The van der Waals surface area contributed by atoms with E-state index in [0.717, 1.165) is 12.1 Å². The molecule has 1 aromatic rings. The summed E-state index contributed by atoms with van der Waals surface area (Å²) >= 11 is 2.78. The van der Waals surface area contributed by atoms with Crippen LogP contribution >= 0.6 is 15.9 Å². The SMILES string of the molecule is [O-][n+]1c(CC(F)(F)F)cc(Br)cc1CC(F)(F)F. The Kier molecular flexibility index (Phi) is 4.14. The Morgan fingerprint density at radius 1 is 0.944 bits per heavy atom. The summed E-state index contributed by atoms with van der Waals surface area (Å²) in [5, 5.41) is 11.4. The molecule has 0 bridgehead atoms. The topological polar surface area (TPSA) is 26.9 Å². The molecule has 0 atom stereocenters. The van der Waals surface area contributed by atoms with Crippen molar-refractivity contribution in [2.24, 2.45) is 0 Å². The third-order valence-corrected chi connectivity index (χ3v) is 2.35. The minimum Gasteiger partial charge on any atom is -0.618 e. The minimum absolute atomic E-state index is 0.00639. The maximum absolute atomic E-state index is 12.1. The van der Waals surface area contributed by atoms with Crippen LogP contribution < -0.4 is 4.73 Å². The normalized spacial score (nSPS) is 12.8. The summed E-state index contributed by atoms with van der Waals surface area (Å²) in [5.41, 5.74) is -1.56. The molecule has 0 N–H and O–H groups in total. The van der Waals surface area contributed by atoms with Gasteiger partial charge >= 0.3 is 12.4 Å². The second kappa shape index (κ2) is 4.94. The lowest BCUT2D eigenvalue weighted by atomic mass is 10.2. The third kappa shape index (κ3) is 4.71. The van der Waals surface area contributed by atoms with Crippen LogP contribution in [0.15, 0.2) is 16.6 Å². The smallest absolute Gasteiger partial charge is 0.398 e. The lowest BCUT2D eigenvalue weighted by Gasteiger charge is -2.12. The third-order valence-electron chi connectivity index (χ3n) is 1.89. The van der Waals surface area contributed by atoms with Gasteiger partial charge in [-0.15, -0.1) is 0 Å². The van der Waals surface area contributed by atoms with Gasteiger partial charge in [-0.3, -0.25) is 0 Å². The molecule has 1 rings (SSSR count). The fourth-order valence-electron chi connectivity index (χ4n) is 1.32. The van der Waals surface area contributed by atoms with Gasteiger partial charge in [0.15, 0.2) is 0 Å². The summed E-state index contributed by atoms with van der Waals surface area (Å²) in [4.78, 5) is 0. The van der Waals surface area contributed by atoms with Crippen LogP contribution in [0.4, 0.5) is 26.3 Å². The minimum atomic E-state index is -4.66. The van der Waals surface area contributed by atoms with Crippen LogP contribution in [-0.2, 0) is 12.8 Å². The maximum atomic E-state index is 12.1. The number of halogens is 7. The molecule has 0 aromatic carbocycles. The molecule has 0 radical (unpaired) electrons. The van der Waals surface area contributed by atoms with Crippen molar-refractivity contribution in [3.05, 3.63) is 33.2 Å². The average molecular weight is 338 g/mol. The Hall–Kier alpha value is -0.990. The van der Waals surface area contributed by atoms with Crippen molar-refractivity contribution in [2.75, 3.05) is 0 Å². The highest BCUT2D eigenvalue weighted by Gasteiger charge is 2.36. The molecule has 0 fully saturated rings. The number of aromatic nitrogens is 1. The van der Waals surface area contributed by atoms with Gasteiger partial charge < -0.3 is 5.21 Å². The second-order valence-corrected chi connectivity index (χ2v) is 4.45. The molecule has 1 aromatic heterocycles. The molecule has 0 aliphatic carbocycles. The summed E-state index contributed by atoms with van der Waals surface area (Å²) < 4.78 is 72.5. The van der Waals surface area contributed by atoms with Crippen molar-refractivity contribution >= 4 is 15.9 Å².